The minimum absolute atomic E-state index is 0. The topological polar surface area (TPSA) is 81.4 Å². The van der Waals surface area contributed by atoms with Gasteiger partial charge in [-0.3, -0.25) is 0 Å². The normalized spacial score (nSPS) is 18.3. The number of nitrogens with two attached hydrogens (primary N) is 1. The van der Waals surface area contributed by atoms with Crippen molar-refractivity contribution in [3.63, 3.8) is 0 Å². The molecule has 1 atom stereocenters. The van der Waals surface area contributed by atoms with E-state index in [0.29, 0.717) is 12.5 Å². The van der Waals surface area contributed by atoms with Crippen LogP contribution in [0.2, 0.25) is 0 Å². The molecule has 0 heterocycles. The van der Waals surface area contributed by atoms with Crippen molar-refractivity contribution >= 4 is 22.4 Å². The molecule has 5 nitrogen and oxygen atoms in total. The second-order valence-corrected chi connectivity index (χ2v) is 5.48. The predicted octanol–water partition coefficient (Wildman–Crippen LogP) is -0.289. The predicted molar refractivity (Wildman–Crippen MR) is 61.6 cm³/mol. The molecule has 0 aromatic carbocycles. The SMILES string of the molecule is COCCS(=O)(=O)NC(CN)C1CC1.Cl. The summed E-state index contributed by atoms with van der Waals surface area (Å²) in [6, 6.07) is -0.0862. The van der Waals surface area contributed by atoms with Crippen LogP contribution < -0.4 is 10.5 Å². The minimum Gasteiger partial charge on any atom is -0.384 e. The van der Waals surface area contributed by atoms with Gasteiger partial charge >= 0.3 is 0 Å². The first-order valence-corrected chi connectivity index (χ1v) is 6.43. The molecule has 1 saturated carbocycles. The van der Waals surface area contributed by atoms with Gasteiger partial charge in [0.15, 0.2) is 0 Å². The van der Waals surface area contributed by atoms with Crippen LogP contribution in [0.25, 0.3) is 0 Å². The van der Waals surface area contributed by atoms with Gasteiger partial charge in [0.25, 0.3) is 0 Å². The molecule has 1 aliphatic rings. The van der Waals surface area contributed by atoms with Crippen LogP contribution in [-0.2, 0) is 14.8 Å². The third-order valence-electron chi connectivity index (χ3n) is 2.33. The van der Waals surface area contributed by atoms with E-state index >= 15 is 0 Å². The van der Waals surface area contributed by atoms with Gasteiger partial charge in [-0.1, -0.05) is 0 Å². The number of rotatable bonds is 7. The zero-order valence-corrected chi connectivity index (χ0v) is 10.4. The van der Waals surface area contributed by atoms with Gasteiger partial charge < -0.3 is 10.5 Å². The molecule has 0 aliphatic heterocycles. The van der Waals surface area contributed by atoms with E-state index in [-0.39, 0.29) is 30.8 Å². The van der Waals surface area contributed by atoms with Gasteiger partial charge in [-0.25, -0.2) is 13.1 Å². The molecule has 7 heteroatoms. The lowest BCUT2D eigenvalue weighted by molar-refractivity contribution is 0.216. The molecule has 1 fully saturated rings. The summed E-state index contributed by atoms with van der Waals surface area (Å²) in [6.07, 6.45) is 2.16. The fraction of sp³-hybridized carbons (Fsp3) is 1.00. The molecule has 0 radical (unpaired) electrons. The maximum atomic E-state index is 11.4. The van der Waals surface area contributed by atoms with E-state index in [9.17, 15) is 8.42 Å². The lowest BCUT2D eigenvalue weighted by Crippen LogP contribution is -2.43. The molecule has 0 bridgehead atoms. The third kappa shape index (κ3) is 5.67. The van der Waals surface area contributed by atoms with Crippen molar-refractivity contribution in [2.75, 3.05) is 26.0 Å². The Labute approximate surface area is 97.2 Å². The Hall–Kier alpha value is 0.120. The average Bonchev–Trinajstić information content (AvgIpc) is 2.94. The van der Waals surface area contributed by atoms with E-state index in [1.807, 2.05) is 0 Å². The molecule has 0 aromatic rings. The second-order valence-electron chi connectivity index (χ2n) is 3.61. The third-order valence-corrected chi connectivity index (χ3v) is 3.70. The number of ether oxygens (including phenoxy) is 1. The Kier molecular flexibility index (Phi) is 6.70. The van der Waals surface area contributed by atoms with Crippen molar-refractivity contribution in [1.29, 1.82) is 0 Å². The molecule has 3 N–H and O–H groups in total. The van der Waals surface area contributed by atoms with Gasteiger partial charge in [0.05, 0.1) is 12.4 Å². The van der Waals surface area contributed by atoms with E-state index in [1.54, 1.807) is 0 Å². The van der Waals surface area contributed by atoms with Crippen LogP contribution in [0.4, 0.5) is 0 Å². The standard InChI is InChI=1S/C8H18N2O3S.ClH/c1-13-4-5-14(11,12)10-8(6-9)7-2-3-7;/h7-8,10H,2-6,9H2,1H3;1H. The molecule has 1 aliphatic carbocycles. The molecular formula is C8H19ClN2O3S. The Morgan fingerprint density at radius 3 is 2.53 bits per heavy atom. The summed E-state index contributed by atoms with van der Waals surface area (Å²) >= 11 is 0. The number of nitrogens with one attached hydrogen (secondary N) is 1. The summed E-state index contributed by atoms with van der Waals surface area (Å²) in [4.78, 5) is 0. The molecular weight excluding hydrogens is 240 g/mol. The number of hydrogen-bond acceptors (Lipinski definition) is 4. The van der Waals surface area contributed by atoms with Crippen LogP contribution in [0, 0.1) is 5.92 Å². The van der Waals surface area contributed by atoms with Gasteiger partial charge in [0, 0.05) is 19.7 Å². The second kappa shape index (κ2) is 6.65. The largest absolute Gasteiger partial charge is 0.384 e. The summed E-state index contributed by atoms with van der Waals surface area (Å²) < 4.78 is 30.2. The summed E-state index contributed by atoms with van der Waals surface area (Å²) in [7, 11) is -1.73. The molecule has 0 amide bonds. The van der Waals surface area contributed by atoms with Crippen LogP contribution in [0.5, 0.6) is 0 Å². The van der Waals surface area contributed by atoms with Crippen LogP contribution >= 0.6 is 12.4 Å². The van der Waals surface area contributed by atoms with Crippen molar-refractivity contribution in [2.45, 2.75) is 18.9 Å². The molecule has 15 heavy (non-hydrogen) atoms. The van der Waals surface area contributed by atoms with Crippen molar-refractivity contribution < 1.29 is 13.2 Å². The van der Waals surface area contributed by atoms with Crippen LogP contribution in [0.1, 0.15) is 12.8 Å². The van der Waals surface area contributed by atoms with E-state index in [2.05, 4.69) is 4.72 Å². The number of sulfonamides is 1. The first-order valence-electron chi connectivity index (χ1n) is 4.78. The van der Waals surface area contributed by atoms with Gasteiger partial charge in [0.1, 0.15) is 0 Å². The van der Waals surface area contributed by atoms with Crippen LogP contribution in [-0.4, -0.2) is 40.5 Å². The number of halogens is 1. The molecule has 1 unspecified atom stereocenters. The van der Waals surface area contributed by atoms with Crippen LogP contribution in [0.15, 0.2) is 0 Å². The maximum Gasteiger partial charge on any atom is 0.214 e. The van der Waals surface area contributed by atoms with E-state index in [0.717, 1.165) is 12.8 Å². The van der Waals surface area contributed by atoms with Gasteiger partial charge in [-0.05, 0) is 18.8 Å². The lowest BCUT2D eigenvalue weighted by atomic mass is 10.2. The quantitative estimate of drug-likeness (QED) is 0.658. The highest BCUT2D eigenvalue weighted by Crippen LogP contribution is 2.32. The monoisotopic (exact) mass is 258 g/mol. The summed E-state index contributed by atoms with van der Waals surface area (Å²) in [6.45, 7) is 0.591. The summed E-state index contributed by atoms with van der Waals surface area (Å²) in [5.41, 5.74) is 5.49. The van der Waals surface area contributed by atoms with E-state index in [4.69, 9.17) is 10.5 Å². The highest BCUT2D eigenvalue weighted by Gasteiger charge is 2.32. The van der Waals surface area contributed by atoms with Crippen molar-refractivity contribution in [3.05, 3.63) is 0 Å². The average molecular weight is 259 g/mol. The Bertz CT molecular complexity index is 267. The summed E-state index contributed by atoms with van der Waals surface area (Å²) in [5, 5.41) is 0. The maximum absolute atomic E-state index is 11.4. The van der Waals surface area contributed by atoms with Gasteiger partial charge in [-0.2, -0.15) is 0 Å². The Morgan fingerprint density at radius 1 is 1.53 bits per heavy atom. The van der Waals surface area contributed by atoms with Crippen molar-refractivity contribution in [2.24, 2.45) is 11.7 Å². The van der Waals surface area contributed by atoms with Crippen molar-refractivity contribution in [1.82, 2.24) is 4.72 Å². The first-order chi connectivity index (χ1) is 6.59. The van der Waals surface area contributed by atoms with Gasteiger partial charge in [-0.15, -0.1) is 12.4 Å². The number of methoxy groups -OCH3 is 1. The first kappa shape index (κ1) is 15.1. The molecule has 92 valence electrons. The fourth-order valence-electron chi connectivity index (χ4n) is 1.32. The molecule has 1 rings (SSSR count). The zero-order valence-electron chi connectivity index (χ0n) is 8.81. The Morgan fingerprint density at radius 2 is 2.13 bits per heavy atom. The highest BCUT2D eigenvalue weighted by molar-refractivity contribution is 7.89. The van der Waals surface area contributed by atoms with Gasteiger partial charge in [0.2, 0.25) is 10.0 Å². The zero-order chi connectivity index (χ0) is 10.6. The minimum atomic E-state index is -3.22. The molecule has 0 aromatic heterocycles. The van der Waals surface area contributed by atoms with E-state index in [1.165, 1.54) is 7.11 Å². The highest BCUT2D eigenvalue weighted by atomic mass is 35.5. The smallest absolute Gasteiger partial charge is 0.214 e. The number of hydrogen-bond donors (Lipinski definition) is 2. The Balaban J connectivity index is 0.00000196. The molecule has 0 spiro atoms. The summed E-state index contributed by atoms with van der Waals surface area (Å²) in [5.74, 6) is 0.449. The molecule has 0 saturated heterocycles. The fourth-order valence-corrected chi connectivity index (χ4v) is 2.57. The van der Waals surface area contributed by atoms with E-state index < -0.39 is 10.0 Å². The lowest BCUT2D eigenvalue weighted by Gasteiger charge is -2.15. The van der Waals surface area contributed by atoms with Crippen LogP contribution in [0.3, 0.4) is 0 Å². The van der Waals surface area contributed by atoms with Crippen molar-refractivity contribution in [3.8, 4) is 0 Å².